The van der Waals surface area contributed by atoms with Crippen molar-refractivity contribution in [3.63, 3.8) is 0 Å². The maximum atomic E-state index is 12.9. The van der Waals surface area contributed by atoms with Gasteiger partial charge in [0.2, 0.25) is 0 Å². The molecule has 12 heavy (non-hydrogen) atoms. The number of hydrogen-bond donors (Lipinski definition) is 1. The highest BCUT2D eigenvalue weighted by Gasteiger charge is 1.98. The van der Waals surface area contributed by atoms with Crippen molar-refractivity contribution in [2.24, 2.45) is 0 Å². The predicted octanol–water partition coefficient (Wildman–Crippen LogP) is 2.75. The molecule has 0 unspecified atom stereocenters. The standard InChI is InChI=1S/C10H14FN/c1-2-3-4-8-5-6-10(12)9(11)7-8/h5-7H,2-4,12H2,1H3. The average molecular weight is 167 g/mol. The molecule has 0 aliphatic heterocycles. The third kappa shape index (κ3) is 2.22. The molecule has 0 bridgehead atoms. The lowest BCUT2D eigenvalue weighted by atomic mass is 10.1. The minimum absolute atomic E-state index is 0.232. The quantitative estimate of drug-likeness (QED) is 0.688. The van der Waals surface area contributed by atoms with E-state index in [9.17, 15) is 4.39 Å². The van der Waals surface area contributed by atoms with Crippen LogP contribution in [-0.4, -0.2) is 0 Å². The minimum atomic E-state index is -0.302. The maximum absolute atomic E-state index is 12.9. The van der Waals surface area contributed by atoms with Gasteiger partial charge < -0.3 is 5.73 Å². The van der Waals surface area contributed by atoms with E-state index in [0.29, 0.717) is 0 Å². The highest BCUT2D eigenvalue weighted by molar-refractivity contribution is 5.41. The SMILES string of the molecule is CCCCc1ccc(N)c(F)c1. The number of nitrogen functional groups attached to an aromatic ring is 1. The van der Waals surface area contributed by atoms with Gasteiger partial charge >= 0.3 is 0 Å². The Morgan fingerprint density at radius 2 is 2.17 bits per heavy atom. The zero-order valence-electron chi connectivity index (χ0n) is 7.31. The first kappa shape index (κ1) is 9.04. The fraction of sp³-hybridized carbons (Fsp3) is 0.400. The molecule has 0 radical (unpaired) electrons. The summed E-state index contributed by atoms with van der Waals surface area (Å²) >= 11 is 0. The van der Waals surface area contributed by atoms with E-state index in [1.165, 1.54) is 6.07 Å². The molecule has 1 aromatic rings. The van der Waals surface area contributed by atoms with E-state index < -0.39 is 0 Å². The second kappa shape index (κ2) is 4.10. The summed E-state index contributed by atoms with van der Waals surface area (Å²) in [6.07, 6.45) is 3.17. The van der Waals surface area contributed by atoms with Gasteiger partial charge in [0, 0.05) is 0 Å². The number of rotatable bonds is 3. The van der Waals surface area contributed by atoms with Crippen LogP contribution in [0.25, 0.3) is 0 Å². The van der Waals surface area contributed by atoms with Crippen LogP contribution in [0.3, 0.4) is 0 Å². The van der Waals surface area contributed by atoms with Gasteiger partial charge in [0.25, 0.3) is 0 Å². The summed E-state index contributed by atoms with van der Waals surface area (Å²) < 4.78 is 12.9. The van der Waals surface area contributed by atoms with Crippen molar-refractivity contribution >= 4 is 5.69 Å². The van der Waals surface area contributed by atoms with Crippen LogP contribution in [0.4, 0.5) is 10.1 Å². The van der Waals surface area contributed by atoms with E-state index >= 15 is 0 Å². The molecule has 0 amide bonds. The van der Waals surface area contributed by atoms with Crippen molar-refractivity contribution in [1.29, 1.82) is 0 Å². The molecular formula is C10H14FN. The molecule has 2 N–H and O–H groups in total. The fourth-order valence-electron chi connectivity index (χ4n) is 1.11. The lowest BCUT2D eigenvalue weighted by Crippen LogP contribution is -1.92. The van der Waals surface area contributed by atoms with Crippen molar-refractivity contribution in [3.05, 3.63) is 29.6 Å². The zero-order valence-corrected chi connectivity index (χ0v) is 7.31. The van der Waals surface area contributed by atoms with Crippen molar-refractivity contribution in [1.82, 2.24) is 0 Å². The van der Waals surface area contributed by atoms with Gasteiger partial charge in [-0.3, -0.25) is 0 Å². The van der Waals surface area contributed by atoms with Crippen LogP contribution < -0.4 is 5.73 Å². The van der Waals surface area contributed by atoms with Gasteiger partial charge in [0.1, 0.15) is 5.82 Å². The van der Waals surface area contributed by atoms with Crippen LogP contribution in [-0.2, 0) is 6.42 Å². The third-order valence-corrected chi connectivity index (χ3v) is 1.88. The number of hydrogen-bond acceptors (Lipinski definition) is 1. The van der Waals surface area contributed by atoms with Crippen molar-refractivity contribution in [2.45, 2.75) is 26.2 Å². The van der Waals surface area contributed by atoms with Gasteiger partial charge in [0.05, 0.1) is 5.69 Å². The van der Waals surface area contributed by atoms with Crippen LogP contribution >= 0.6 is 0 Å². The molecule has 0 saturated carbocycles. The van der Waals surface area contributed by atoms with Gasteiger partial charge in [-0.05, 0) is 30.5 Å². The summed E-state index contributed by atoms with van der Waals surface area (Å²) in [5.74, 6) is -0.302. The van der Waals surface area contributed by atoms with Crippen LogP contribution in [0, 0.1) is 5.82 Å². The van der Waals surface area contributed by atoms with E-state index in [4.69, 9.17) is 5.73 Å². The van der Waals surface area contributed by atoms with E-state index in [1.807, 2.05) is 6.07 Å². The fourth-order valence-corrected chi connectivity index (χ4v) is 1.11. The summed E-state index contributed by atoms with van der Waals surface area (Å²) in [5, 5.41) is 0. The van der Waals surface area contributed by atoms with E-state index in [-0.39, 0.29) is 11.5 Å². The van der Waals surface area contributed by atoms with Gasteiger partial charge in [-0.15, -0.1) is 0 Å². The van der Waals surface area contributed by atoms with Crippen LogP contribution in [0.1, 0.15) is 25.3 Å². The minimum Gasteiger partial charge on any atom is -0.396 e. The number of nitrogens with two attached hydrogens (primary N) is 1. The van der Waals surface area contributed by atoms with Gasteiger partial charge in [-0.1, -0.05) is 19.4 Å². The first-order chi connectivity index (χ1) is 5.74. The van der Waals surface area contributed by atoms with E-state index in [1.54, 1.807) is 6.07 Å². The molecule has 66 valence electrons. The molecular weight excluding hydrogens is 153 g/mol. The summed E-state index contributed by atoms with van der Waals surface area (Å²) in [6, 6.07) is 5.03. The molecule has 0 heterocycles. The summed E-state index contributed by atoms with van der Waals surface area (Å²) in [6.45, 7) is 2.12. The Kier molecular flexibility index (Phi) is 3.09. The number of benzene rings is 1. The molecule has 0 aliphatic carbocycles. The van der Waals surface area contributed by atoms with E-state index in [2.05, 4.69) is 6.92 Å². The van der Waals surface area contributed by atoms with Crippen LogP contribution in [0.5, 0.6) is 0 Å². The second-order valence-electron chi connectivity index (χ2n) is 2.96. The normalized spacial score (nSPS) is 10.2. The maximum Gasteiger partial charge on any atom is 0.146 e. The third-order valence-electron chi connectivity index (χ3n) is 1.88. The Bertz CT molecular complexity index is 258. The lowest BCUT2D eigenvalue weighted by molar-refractivity contribution is 0.629. The number of halogens is 1. The molecule has 0 spiro atoms. The van der Waals surface area contributed by atoms with Crippen molar-refractivity contribution in [2.75, 3.05) is 5.73 Å². The Labute approximate surface area is 72.4 Å². The van der Waals surface area contributed by atoms with Crippen molar-refractivity contribution < 1.29 is 4.39 Å². The molecule has 1 aromatic carbocycles. The first-order valence-electron chi connectivity index (χ1n) is 4.28. The highest BCUT2D eigenvalue weighted by atomic mass is 19.1. The Balaban J connectivity index is 2.69. The molecule has 1 rings (SSSR count). The largest absolute Gasteiger partial charge is 0.396 e. The Hall–Kier alpha value is -1.05. The molecule has 0 saturated heterocycles. The molecule has 2 heteroatoms. The monoisotopic (exact) mass is 167 g/mol. The molecule has 1 nitrogen and oxygen atoms in total. The summed E-state index contributed by atoms with van der Waals surface area (Å²) in [5.41, 5.74) is 6.61. The Morgan fingerprint density at radius 1 is 1.42 bits per heavy atom. The summed E-state index contributed by atoms with van der Waals surface area (Å²) in [4.78, 5) is 0. The van der Waals surface area contributed by atoms with Crippen molar-refractivity contribution in [3.8, 4) is 0 Å². The van der Waals surface area contributed by atoms with E-state index in [0.717, 1.165) is 24.8 Å². The predicted molar refractivity (Wildman–Crippen MR) is 49.4 cm³/mol. The topological polar surface area (TPSA) is 26.0 Å². The smallest absolute Gasteiger partial charge is 0.146 e. The van der Waals surface area contributed by atoms with Gasteiger partial charge in [0.15, 0.2) is 0 Å². The van der Waals surface area contributed by atoms with Crippen LogP contribution in [0.2, 0.25) is 0 Å². The number of anilines is 1. The lowest BCUT2D eigenvalue weighted by Gasteiger charge is -2.01. The van der Waals surface area contributed by atoms with Gasteiger partial charge in [-0.25, -0.2) is 4.39 Å². The molecule has 0 fully saturated rings. The highest BCUT2D eigenvalue weighted by Crippen LogP contribution is 2.13. The Morgan fingerprint density at radius 3 is 2.75 bits per heavy atom. The van der Waals surface area contributed by atoms with Crippen LogP contribution in [0.15, 0.2) is 18.2 Å². The molecule has 0 atom stereocenters. The number of aryl methyl sites for hydroxylation is 1. The zero-order chi connectivity index (χ0) is 8.97. The molecule has 0 aliphatic rings. The molecule has 0 aromatic heterocycles. The first-order valence-corrected chi connectivity index (χ1v) is 4.28. The number of unbranched alkanes of at least 4 members (excludes halogenated alkanes) is 1. The van der Waals surface area contributed by atoms with Gasteiger partial charge in [-0.2, -0.15) is 0 Å². The second-order valence-corrected chi connectivity index (χ2v) is 2.96. The summed E-state index contributed by atoms with van der Waals surface area (Å²) in [7, 11) is 0. The average Bonchev–Trinajstić information content (AvgIpc) is 2.07.